The summed E-state index contributed by atoms with van der Waals surface area (Å²) in [5.41, 5.74) is 1.06. The van der Waals surface area contributed by atoms with Crippen molar-refractivity contribution in [2.24, 2.45) is 33.5 Å². The van der Waals surface area contributed by atoms with E-state index >= 15 is 0 Å². The Hall–Kier alpha value is -0.120. The molecule has 4 aliphatic carbocycles. The summed E-state index contributed by atoms with van der Waals surface area (Å²) in [6.07, 6.45) is 9.76. The van der Waals surface area contributed by atoms with E-state index < -0.39 is 5.79 Å². The van der Waals surface area contributed by atoms with Crippen molar-refractivity contribution in [1.29, 1.82) is 0 Å². The molecule has 4 saturated carbocycles. The van der Waals surface area contributed by atoms with Crippen LogP contribution in [-0.4, -0.2) is 29.7 Å². The summed E-state index contributed by atoms with van der Waals surface area (Å²) in [6.45, 7) is 7.80. The van der Waals surface area contributed by atoms with Crippen LogP contribution in [-0.2, 0) is 9.47 Å². The van der Waals surface area contributed by atoms with Crippen LogP contribution in [0.15, 0.2) is 0 Å². The summed E-state index contributed by atoms with van der Waals surface area (Å²) in [5.74, 6) is 0.477. The highest BCUT2D eigenvalue weighted by Crippen LogP contribution is 2.79. The lowest BCUT2D eigenvalue weighted by Gasteiger charge is -2.71. The molecule has 7 aliphatic rings. The van der Waals surface area contributed by atoms with Crippen LogP contribution in [0.2, 0.25) is 0 Å². The highest BCUT2D eigenvalue weighted by molar-refractivity contribution is 5.27. The van der Waals surface area contributed by atoms with Crippen LogP contribution in [0.5, 0.6) is 0 Å². The number of aliphatic hydroxyl groups is 1. The molecule has 3 saturated heterocycles. The van der Waals surface area contributed by atoms with Gasteiger partial charge in [0.2, 0.25) is 0 Å². The molecule has 0 amide bonds. The van der Waals surface area contributed by atoms with Gasteiger partial charge in [0.05, 0.1) is 18.8 Å². The minimum atomic E-state index is -0.888. The topological polar surface area (TPSA) is 42.0 Å². The van der Waals surface area contributed by atoms with Crippen molar-refractivity contribution in [3.63, 3.8) is 0 Å². The fourth-order valence-corrected chi connectivity index (χ4v) is 8.76. The first-order valence-corrected chi connectivity index (χ1v) is 9.79. The first-order chi connectivity index (χ1) is 10.8. The molecule has 3 aliphatic heterocycles. The standard InChI is InChI=1S/C20H30O3/c1-16(2)12-5-7-18-10-17(3,14-15(18)23-14)6-4-13(18)19(12)8-9-20(16,21)22-11-19/h12-15,21H,4-11H2,1-3H3/t12-,13-,14?,15?,17+,18+,19+,20-/m0/s1. The average molecular weight is 318 g/mol. The summed E-state index contributed by atoms with van der Waals surface area (Å²) < 4.78 is 12.4. The smallest absolute Gasteiger partial charge is 0.170 e. The number of hydrogen-bond acceptors (Lipinski definition) is 3. The molecule has 2 spiro atoms. The number of fused-ring (bicyclic) bond motifs is 5. The van der Waals surface area contributed by atoms with E-state index in [1.54, 1.807) is 0 Å². The predicted octanol–water partition coefficient (Wildman–Crippen LogP) is 3.50. The van der Waals surface area contributed by atoms with Crippen LogP contribution < -0.4 is 0 Å². The van der Waals surface area contributed by atoms with E-state index in [-0.39, 0.29) is 5.41 Å². The molecule has 0 aromatic heterocycles. The van der Waals surface area contributed by atoms with Crippen molar-refractivity contribution in [3.05, 3.63) is 0 Å². The maximum atomic E-state index is 11.1. The first kappa shape index (κ1) is 14.1. The summed E-state index contributed by atoms with van der Waals surface area (Å²) in [5, 5.41) is 11.1. The second-order valence-electron chi connectivity index (χ2n) is 10.8. The van der Waals surface area contributed by atoms with Crippen LogP contribution in [0.1, 0.15) is 65.7 Å². The van der Waals surface area contributed by atoms with Crippen LogP contribution >= 0.6 is 0 Å². The van der Waals surface area contributed by atoms with E-state index in [1.807, 2.05) is 0 Å². The van der Waals surface area contributed by atoms with Gasteiger partial charge in [0.1, 0.15) is 0 Å². The number of hydrogen-bond donors (Lipinski definition) is 1. The Balaban J connectivity index is 1.49. The molecule has 8 atom stereocenters. The van der Waals surface area contributed by atoms with E-state index in [1.165, 1.54) is 32.1 Å². The second-order valence-corrected chi connectivity index (χ2v) is 10.8. The number of rotatable bonds is 0. The van der Waals surface area contributed by atoms with Gasteiger partial charge in [0, 0.05) is 22.7 Å². The predicted molar refractivity (Wildman–Crippen MR) is 85.6 cm³/mol. The normalized spacial score (nSPS) is 67.3. The molecule has 3 heterocycles. The van der Waals surface area contributed by atoms with E-state index in [2.05, 4.69) is 20.8 Å². The van der Waals surface area contributed by atoms with Gasteiger partial charge in [-0.25, -0.2) is 0 Å². The lowest BCUT2D eigenvalue weighted by Crippen LogP contribution is -2.72. The van der Waals surface area contributed by atoms with Crippen molar-refractivity contribution in [2.75, 3.05) is 6.61 Å². The lowest BCUT2D eigenvalue weighted by molar-refractivity contribution is -0.395. The van der Waals surface area contributed by atoms with Crippen molar-refractivity contribution in [1.82, 2.24) is 0 Å². The van der Waals surface area contributed by atoms with Gasteiger partial charge in [-0.3, -0.25) is 0 Å². The Bertz CT molecular complexity index is 590. The van der Waals surface area contributed by atoms with E-state index in [4.69, 9.17) is 9.47 Å². The minimum absolute atomic E-state index is 0.117. The molecule has 128 valence electrons. The fraction of sp³-hybridized carbons (Fsp3) is 1.00. The third-order valence-electron chi connectivity index (χ3n) is 9.85. The van der Waals surface area contributed by atoms with Gasteiger partial charge in [-0.15, -0.1) is 0 Å². The Morgan fingerprint density at radius 2 is 1.65 bits per heavy atom. The van der Waals surface area contributed by atoms with Crippen LogP contribution in [0.25, 0.3) is 0 Å². The van der Waals surface area contributed by atoms with Gasteiger partial charge >= 0.3 is 0 Å². The monoisotopic (exact) mass is 318 g/mol. The van der Waals surface area contributed by atoms with Gasteiger partial charge in [0.15, 0.2) is 5.79 Å². The van der Waals surface area contributed by atoms with E-state index in [9.17, 15) is 5.11 Å². The number of epoxide rings is 1. The second kappa shape index (κ2) is 3.54. The Labute approximate surface area is 139 Å². The zero-order valence-electron chi connectivity index (χ0n) is 14.7. The van der Waals surface area contributed by atoms with Gasteiger partial charge in [-0.1, -0.05) is 20.8 Å². The molecular formula is C20H30O3. The molecule has 0 aromatic rings. The highest BCUT2D eigenvalue weighted by Gasteiger charge is 2.80. The van der Waals surface area contributed by atoms with Crippen molar-refractivity contribution in [3.8, 4) is 0 Å². The molecule has 0 radical (unpaired) electrons. The van der Waals surface area contributed by atoms with Gasteiger partial charge in [-0.2, -0.15) is 0 Å². The van der Waals surface area contributed by atoms with E-state index in [0.29, 0.717) is 34.4 Å². The summed E-state index contributed by atoms with van der Waals surface area (Å²) >= 11 is 0. The summed E-state index contributed by atoms with van der Waals surface area (Å²) in [4.78, 5) is 0. The van der Waals surface area contributed by atoms with Crippen molar-refractivity contribution in [2.45, 2.75) is 83.7 Å². The maximum Gasteiger partial charge on any atom is 0.170 e. The Morgan fingerprint density at radius 3 is 2.39 bits per heavy atom. The average Bonchev–Trinajstić information content (AvgIpc) is 3.27. The largest absolute Gasteiger partial charge is 0.368 e. The van der Waals surface area contributed by atoms with Crippen LogP contribution in [0.3, 0.4) is 0 Å². The molecular weight excluding hydrogens is 288 g/mol. The molecule has 0 aromatic carbocycles. The summed E-state index contributed by atoms with van der Waals surface area (Å²) in [7, 11) is 0. The van der Waals surface area contributed by atoms with Crippen LogP contribution in [0.4, 0.5) is 0 Å². The SMILES string of the molecule is CC1(C)[C@@H]2CC[C@@]34C[C@@](C)(CC[C@@H]3[C@@]23CC[C@]1(O)OC3)C1OC14. The molecule has 1 N–H and O–H groups in total. The molecule has 3 heteroatoms. The minimum Gasteiger partial charge on any atom is -0.368 e. The van der Waals surface area contributed by atoms with Crippen molar-refractivity contribution < 1.29 is 14.6 Å². The molecule has 23 heavy (non-hydrogen) atoms. The zero-order chi connectivity index (χ0) is 15.9. The zero-order valence-corrected chi connectivity index (χ0v) is 14.7. The molecule has 4 bridgehead atoms. The van der Waals surface area contributed by atoms with Crippen molar-refractivity contribution >= 4 is 0 Å². The third kappa shape index (κ3) is 1.26. The molecule has 7 rings (SSSR count). The highest BCUT2D eigenvalue weighted by atomic mass is 16.6. The summed E-state index contributed by atoms with van der Waals surface area (Å²) in [6, 6.07) is 0. The van der Waals surface area contributed by atoms with Gasteiger partial charge < -0.3 is 14.6 Å². The van der Waals surface area contributed by atoms with Gasteiger partial charge in [-0.05, 0) is 55.8 Å². The van der Waals surface area contributed by atoms with Crippen LogP contribution in [0, 0.1) is 33.5 Å². The molecule has 7 fully saturated rings. The maximum absolute atomic E-state index is 11.1. The lowest BCUT2D eigenvalue weighted by atomic mass is 9.38. The Morgan fingerprint density at radius 1 is 0.870 bits per heavy atom. The quantitative estimate of drug-likeness (QED) is 0.695. The fourth-order valence-electron chi connectivity index (χ4n) is 8.76. The number of ether oxygens (including phenoxy) is 2. The van der Waals surface area contributed by atoms with E-state index in [0.717, 1.165) is 25.4 Å². The third-order valence-corrected chi connectivity index (χ3v) is 9.85. The molecule has 2 unspecified atom stereocenters. The molecule has 3 nitrogen and oxygen atoms in total. The Kier molecular flexibility index (Phi) is 2.17. The van der Waals surface area contributed by atoms with Gasteiger partial charge in [0.25, 0.3) is 0 Å². The first-order valence-electron chi connectivity index (χ1n) is 9.79.